The molecule has 0 bridgehead atoms. The number of benzene rings is 2. The highest BCUT2D eigenvalue weighted by molar-refractivity contribution is 5.88. The largest absolute Gasteiger partial charge is 0.497 e. The topological polar surface area (TPSA) is 51.7 Å². The molecule has 1 amide bonds. The fourth-order valence-electron chi connectivity index (χ4n) is 5.81. The van der Waals surface area contributed by atoms with E-state index in [4.69, 9.17) is 9.47 Å². The SMILES string of the molecule is COc1ccc(C2(C(=O)N3CCC[C@H](Cc4cccc5cnccc45)CC3)CCOCC2)cc1. The third-order valence-electron chi connectivity index (χ3n) is 7.81. The van der Waals surface area contributed by atoms with Gasteiger partial charge in [-0.15, -0.1) is 0 Å². The molecular weight excluding hydrogens is 424 g/mol. The molecule has 34 heavy (non-hydrogen) atoms. The first-order valence-electron chi connectivity index (χ1n) is 12.5. The molecule has 0 unspecified atom stereocenters. The number of hydrogen-bond acceptors (Lipinski definition) is 4. The number of methoxy groups -OCH3 is 1. The van der Waals surface area contributed by atoms with Gasteiger partial charge in [-0.25, -0.2) is 0 Å². The molecule has 178 valence electrons. The van der Waals surface area contributed by atoms with Gasteiger partial charge in [0.05, 0.1) is 12.5 Å². The van der Waals surface area contributed by atoms with E-state index in [0.717, 1.165) is 62.9 Å². The number of nitrogens with zero attached hydrogens (tertiary/aromatic N) is 2. The molecule has 0 aliphatic carbocycles. The van der Waals surface area contributed by atoms with Crippen molar-refractivity contribution in [1.29, 1.82) is 0 Å². The van der Waals surface area contributed by atoms with Crippen molar-refractivity contribution in [3.05, 3.63) is 72.1 Å². The fourth-order valence-corrected chi connectivity index (χ4v) is 5.81. The summed E-state index contributed by atoms with van der Waals surface area (Å²) >= 11 is 0. The zero-order chi connectivity index (χ0) is 23.4. The molecule has 2 saturated heterocycles. The molecule has 0 saturated carbocycles. The van der Waals surface area contributed by atoms with Crippen LogP contribution in [0.15, 0.2) is 60.9 Å². The molecule has 2 aromatic carbocycles. The van der Waals surface area contributed by atoms with Crippen LogP contribution < -0.4 is 4.74 Å². The number of rotatable bonds is 5. The maximum Gasteiger partial charge on any atom is 0.233 e. The summed E-state index contributed by atoms with van der Waals surface area (Å²) in [6.07, 6.45) is 9.61. The predicted octanol–water partition coefficient (Wildman–Crippen LogP) is 5.16. The third kappa shape index (κ3) is 4.54. The van der Waals surface area contributed by atoms with Crippen LogP contribution in [-0.4, -0.2) is 49.2 Å². The van der Waals surface area contributed by atoms with E-state index in [1.165, 1.54) is 16.3 Å². The number of likely N-dealkylation sites (tertiary alicyclic amines) is 1. The van der Waals surface area contributed by atoms with Gasteiger partial charge < -0.3 is 14.4 Å². The summed E-state index contributed by atoms with van der Waals surface area (Å²) < 4.78 is 11.0. The normalized spacial score (nSPS) is 20.6. The Kier molecular flexibility index (Phi) is 6.82. The van der Waals surface area contributed by atoms with Gasteiger partial charge in [-0.1, -0.05) is 30.3 Å². The highest BCUT2D eigenvalue weighted by atomic mass is 16.5. The zero-order valence-electron chi connectivity index (χ0n) is 20.0. The van der Waals surface area contributed by atoms with Crippen LogP contribution in [0.25, 0.3) is 10.8 Å². The van der Waals surface area contributed by atoms with Gasteiger partial charge in [0.15, 0.2) is 0 Å². The Balaban J connectivity index is 1.32. The monoisotopic (exact) mass is 458 g/mol. The Labute approximate surface area is 202 Å². The smallest absolute Gasteiger partial charge is 0.233 e. The third-order valence-corrected chi connectivity index (χ3v) is 7.81. The molecule has 2 fully saturated rings. The first-order valence-corrected chi connectivity index (χ1v) is 12.5. The van der Waals surface area contributed by atoms with Crippen LogP contribution >= 0.6 is 0 Å². The van der Waals surface area contributed by atoms with Crippen molar-refractivity contribution < 1.29 is 14.3 Å². The number of fused-ring (bicyclic) bond motifs is 1. The van der Waals surface area contributed by atoms with E-state index in [0.29, 0.717) is 19.1 Å². The second-order valence-electron chi connectivity index (χ2n) is 9.73. The highest BCUT2D eigenvalue weighted by Crippen LogP contribution is 2.38. The minimum atomic E-state index is -0.493. The number of aromatic nitrogens is 1. The van der Waals surface area contributed by atoms with Gasteiger partial charge in [-0.3, -0.25) is 9.78 Å². The van der Waals surface area contributed by atoms with E-state index in [-0.39, 0.29) is 5.91 Å². The first-order chi connectivity index (χ1) is 16.7. The Morgan fingerprint density at radius 1 is 1.09 bits per heavy atom. The first kappa shape index (κ1) is 22.9. The molecule has 5 heteroatoms. The van der Waals surface area contributed by atoms with E-state index in [1.54, 1.807) is 7.11 Å². The zero-order valence-corrected chi connectivity index (χ0v) is 20.0. The van der Waals surface area contributed by atoms with Crippen molar-refractivity contribution in [2.24, 2.45) is 5.92 Å². The maximum atomic E-state index is 14.1. The lowest BCUT2D eigenvalue weighted by Gasteiger charge is -2.40. The van der Waals surface area contributed by atoms with E-state index < -0.39 is 5.41 Å². The summed E-state index contributed by atoms with van der Waals surface area (Å²) in [7, 11) is 1.67. The number of hydrogen-bond donors (Lipinski definition) is 0. The van der Waals surface area contributed by atoms with Crippen LogP contribution in [0.2, 0.25) is 0 Å². The molecule has 0 N–H and O–H groups in total. The second kappa shape index (κ2) is 10.1. The van der Waals surface area contributed by atoms with Crippen LogP contribution in [-0.2, 0) is 21.4 Å². The molecule has 3 aromatic rings. The molecule has 5 nitrogen and oxygen atoms in total. The molecule has 2 aliphatic heterocycles. The van der Waals surface area contributed by atoms with Gasteiger partial charge in [-0.2, -0.15) is 0 Å². The minimum Gasteiger partial charge on any atom is -0.497 e. The van der Waals surface area contributed by atoms with Crippen molar-refractivity contribution in [2.75, 3.05) is 33.4 Å². The summed E-state index contributed by atoms with van der Waals surface area (Å²) in [6.45, 7) is 2.93. The maximum absolute atomic E-state index is 14.1. The van der Waals surface area contributed by atoms with Crippen LogP contribution in [0.1, 0.15) is 43.2 Å². The Bertz CT molecular complexity index is 1120. The van der Waals surface area contributed by atoms with Crippen molar-refractivity contribution in [2.45, 2.75) is 43.9 Å². The molecule has 0 spiro atoms. The van der Waals surface area contributed by atoms with Gasteiger partial charge in [0, 0.05) is 44.1 Å². The van der Waals surface area contributed by atoms with Crippen LogP contribution in [0.5, 0.6) is 5.75 Å². The van der Waals surface area contributed by atoms with Crippen LogP contribution in [0.3, 0.4) is 0 Å². The van der Waals surface area contributed by atoms with Crippen molar-refractivity contribution in [1.82, 2.24) is 9.88 Å². The quantitative estimate of drug-likeness (QED) is 0.530. The standard InChI is InChI=1S/C29H34N2O3/c1-33-26-9-7-25(8-10-26)29(13-18-34-19-14-29)28(32)31-16-3-4-22(12-17-31)20-23-5-2-6-24-21-30-15-11-27(23)24/h2,5-11,15,21-22H,3-4,12-14,16-20H2,1H3/t22-/m0/s1. The van der Waals surface area contributed by atoms with E-state index in [2.05, 4.69) is 46.3 Å². The average Bonchev–Trinajstić information content (AvgIpc) is 3.14. The molecule has 5 rings (SSSR count). The van der Waals surface area contributed by atoms with E-state index >= 15 is 0 Å². The lowest BCUT2D eigenvalue weighted by Crippen LogP contribution is -2.50. The number of carbonyl (C=O) groups excluding carboxylic acids is 1. The number of pyridine rings is 1. The summed E-state index contributed by atoms with van der Waals surface area (Å²) in [4.78, 5) is 20.5. The lowest BCUT2D eigenvalue weighted by atomic mass is 9.73. The van der Waals surface area contributed by atoms with Crippen molar-refractivity contribution in [3.63, 3.8) is 0 Å². The highest BCUT2D eigenvalue weighted by Gasteiger charge is 2.44. The van der Waals surface area contributed by atoms with Gasteiger partial charge in [0.1, 0.15) is 5.75 Å². The second-order valence-corrected chi connectivity index (χ2v) is 9.73. The molecule has 0 radical (unpaired) electrons. The lowest BCUT2D eigenvalue weighted by molar-refractivity contribution is -0.141. The molecule has 1 atom stereocenters. The molecular formula is C29H34N2O3. The van der Waals surface area contributed by atoms with Crippen LogP contribution in [0.4, 0.5) is 0 Å². The minimum absolute atomic E-state index is 0.276. The molecule has 3 heterocycles. The Hall–Kier alpha value is -2.92. The number of amides is 1. The van der Waals surface area contributed by atoms with E-state index in [1.807, 2.05) is 24.5 Å². The van der Waals surface area contributed by atoms with Gasteiger partial charge >= 0.3 is 0 Å². The predicted molar refractivity (Wildman–Crippen MR) is 134 cm³/mol. The molecule has 2 aliphatic rings. The summed E-state index contributed by atoms with van der Waals surface area (Å²) in [5, 5.41) is 2.50. The van der Waals surface area contributed by atoms with E-state index in [9.17, 15) is 4.79 Å². The molecule has 1 aromatic heterocycles. The van der Waals surface area contributed by atoms with Gasteiger partial charge in [0.25, 0.3) is 0 Å². The van der Waals surface area contributed by atoms with Gasteiger partial charge in [0.2, 0.25) is 5.91 Å². The van der Waals surface area contributed by atoms with Crippen molar-refractivity contribution in [3.8, 4) is 5.75 Å². The summed E-state index contributed by atoms with van der Waals surface area (Å²) in [5.41, 5.74) is 1.99. The Morgan fingerprint density at radius 3 is 2.71 bits per heavy atom. The van der Waals surface area contributed by atoms with Gasteiger partial charge in [-0.05, 0) is 79.2 Å². The fraction of sp³-hybridized carbons (Fsp3) is 0.448. The summed E-state index contributed by atoms with van der Waals surface area (Å²) in [5.74, 6) is 1.68. The Morgan fingerprint density at radius 2 is 1.91 bits per heavy atom. The van der Waals surface area contributed by atoms with Crippen LogP contribution in [0, 0.1) is 5.92 Å². The van der Waals surface area contributed by atoms with Crippen molar-refractivity contribution >= 4 is 16.7 Å². The average molecular weight is 459 g/mol. The summed E-state index contributed by atoms with van der Waals surface area (Å²) in [6, 6.07) is 16.7. The number of carbonyl (C=O) groups is 1. The number of ether oxygens (including phenoxy) is 2.